The molecule has 0 heterocycles. The summed E-state index contributed by atoms with van der Waals surface area (Å²) in [5, 5.41) is 0. The molecule has 2 atom stereocenters. The van der Waals surface area contributed by atoms with Crippen molar-refractivity contribution >= 4 is 5.78 Å². The van der Waals surface area contributed by atoms with E-state index >= 15 is 0 Å². The number of ether oxygens (including phenoxy) is 4. The van der Waals surface area contributed by atoms with Gasteiger partial charge in [-0.15, -0.1) is 0 Å². The summed E-state index contributed by atoms with van der Waals surface area (Å²) < 4.78 is 21.8. The first-order chi connectivity index (χ1) is 14.6. The van der Waals surface area contributed by atoms with Crippen LogP contribution in [0.1, 0.15) is 38.9 Å². The second-order valence-corrected chi connectivity index (χ2v) is 7.14. The minimum Gasteiger partial charge on any atom is -0.493 e. The maximum Gasteiger partial charge on any atom is 0.171 e. The maximum atomic E-state index is 13.6. The predicted octanol–water partition coefficient (Wildman–Crippen LogP) is 4.83. The van der Waals surface area contributed by atoms with Gasteiger partial charge < -0.3 is 18.9 Å². The third-order valence-electron chi connectivity index (χ3n) is 5.70. The van der Waals surface area contributed by atoms with Crippen LogP contribution in [0.15, 0.2) is 60.7 Å². The molecule has 5 nitrogen and oxygen atoms in total. The lowest BCUT2D eigenvalue weighted by Crippen LogP contribution is -2.13. The van der Waals surface area contributed by atoms with Crippen molar-refractivity contribution in [3.05, 3.63) is 82.9 Å². The Balaban J connectivity index is 1.92. The minimum atomic E-state index is -0.390. The van der Waals surface area contributed by atoms with Gasteiger partial charge in [0.1, 0.15) is 0 Å². The summed E-state index contributed by atoms with van der Waals surface area (Å²) in [5.74, 6) is 1.89. The van der Waals surface area contributed by atoms with E-state index in [4.69, 9.17) is 18.9 Å². The lowest BCUT2D eigenvalue weighted by Gasteiger charge is -2.21. The van der Waals surface area contributed by atoms with Crippen LogP contribution >= 0.6 is 0 Å². The fourth-order valence-corrected chi connectivity index (χ4v) is 4.29. The van der Waals surface area contributed by atoms with Gasteiger partial charge in [0.15, 0.2) is 28.8 Å². The fourth-order valence-electron chi connectivity index (χ4n) is 4.29. The van der Waals surface area contributed by atoms with Crippen molar-refractivity contribution in [3.63, 3.8) is 0 Å². The van der Waals surface area contributed by atoms with Gasteiger partial charge in [-0.25, -0.2) is 0 Å². The van der Waals surface area contributed by atoms with E-state index in [1.54, 1.807) is 34.5 Å². The van der Waals surface area contributed by atoms with Gasteiger partial charge in [0.05, 0.1) is 34.4 Å². The van der Waals surface area contributed by atoms with Gasteiger partial charge >= 0.3 is 0 Å². The number of methoxy groups -OCH3 is 4. The van der Waals surface area contributed by atoms with E-state index in [1.807, 2.05) is 42.5 Å². The average Bonchev–Trinajstić information content (AvgIpc) is 3.09. The molecule has 5 heteroatoms. The number of hydrogen-bond acceptors (Lipinski definition) is 5. The van der Waals surface area contributed by atoms with Crippen molar-refractivity contribution < 1.29 is 23.7 Å². The van der Waals surface area contributed by atoms with Crippen LogP contribution < -0.4 is 18.9 Å². The van der Waals surface area contributed by atoms with Gasteiger partial charge in [0, 0.05) is 11.5 Å². The molecule has 1 aliphatic carbocycles. The van der Waals surface area contributed by atoms with Crippen molar-refractivity contribution in [1.82, 2.24) is 0 Å². The second-order valence-electron chi connectivity index (χ2n) is 7.14. The quantitative estimate of drug-likeness (QED) is 0.589. The van der Waals surface area contributed by atoms with E-state index in [1.165, 1.54) is 0 Å². The lowest BCUT2D eigenvalue weighted by atomic mass is 9.81. The lowest BCUT2D eigenvalue weighted by molar-refractivity contribution is 0.0968. The number of carbonyl (C=O) groups excluding carboxylic acids is 1. The topological polar surface area (TPSA) is 54.0 Å². The van der Waals surface area contributed by atoms with E-state index in [0.29, 0.717) is 28.6 Å². The number of Topliss-reactive ketones (excluding diaryl/α,β-unsaturated/α-hetero) is 1. The third-order valence-corrected chi connectivity index (χ3v) is 5.70. The van der Waals surface area contributed by atoms with Crippen LogP contribution in [0.4, 0.5) is 0 Å². The van der Waals surface area contributed by atoms with Crippen LogP contribution in [-0.4, -0.2) is 34.2 Å². The standard InChI is InChI=1S/C25H24O5/c1-27-19-11-10-16(12-20(19)28-2)24-23(15-8-6-5-7-9-15)17-13-21(29-3)22(30-4)14-18(17)25(24)26/h5-14,23-24H,1-4H3/t23-,24-/m0/s1. The Morgan fingerprint density at radius 2 is 1.20 bits per heavy atom. The summed E-state index contributed by atoms with van der Waals surface area (Å²) in [6, 6.07) is 19.4. The van der Waals surface area contributed by atoms with Gasteiger partial charge in [0.25, 0.3) is 0 Å². The molecule has 0 saturated carbocycles. The SMILES string of the molecule is COc1ccc([C@@H]2C(=O)c3cc(OC)c(OC)cc3[C@@H]2c2ccccc2)cc1OC. The number of fused-ring (bicyclic) bond motifs is 1. The number of ketones is 1. The predicted molar refractivity (Wildman–Crippen MR) is 114 cm³/mol. The van der Waals surface area contributed by atoms with Gasteiger partial charge in [-0.3, -0.25) is 4.79 Å². The first kappa shape index (κ1) is 19.8. The average molecular weight is 404 g/mol. The Bertz CT molecular complexity index is 1070. The Hall–Kier alpha value is -3.47. The maximum absolute atomic E-state index is 13.6. The smallest absolute Gasteiger partial charge is 0.171 e. The molecule has 0 bridgehead atoms. The van der Waals surface area contributed by atoms with E-state index in [9.17, 15) is 4.79 Å². The van der Waals surface area contributed by atoms with Crippen LogP contribution in [0, 0.1) is 0 Å². The van der Waals surface area contributed by atoms with E-state index < -0.39 is 0 Å². The summed E-state index contributed by atoms with van der Waals surface area (Å²) in [4.78, 5) is 13.6. The number of carbonyl (C=O) groups is 1. The highest BCUT2D eigenvalue weighted by atomic mass is 16.5. The van der Waals surface area contributed by atoms with Gasteiger partial charge in [0.2, 0.25) is 0 Å². The van der Waals surface area contributed by atoms with Crippen LogP contribution in [0.5, 0.6) is 23.0 Å². The van der Waals surface area contributed by atoms with Crippen molar-refractivity contribution in [2.75, 3.05) is 28.4 Å². The second kappa shape index (κ2) is 8.11. The molecule has 1 aliphatic rings. The number of hydrogen-bond donors (Lipinski definition) is 0. The zero-order valence-corrected chi connectivity index (χ0v) is 17.5. The number of rotatable bonds is 6. The molecule has 0 fully saturated rings. The van der Waals surface area contributed by atoms with E-state index in [2.05, 4.69) is 12.1 Å². The molecule has 0 aliphatic heterocycles. The highest BCUT2D eigenvalue weighted by Gasteiger charge is 2.42. The molecule has 0 radical (unpaired) electrons. The van der Waals surface area contributed by atoms with Crippen molar-refractivity contribution in [3.8, 4) is 23.0 Å². The van der Waals surface area contributed by atoms with Crippen LogP contribution in [-0.2, 0) is 0 Å². The Labute approximate surface area is 176 Å². The minimum absolute atomic E-state index is 0.0482. The summed E-state index contributed by atoms with van der Waals surface area (Å²) in [6.07, 6.45) is 0. The van der Waals surface area contributed by atoms with Gasteiger partial charge in [-0.1, -0.05) is 36.4 Å². The molecule has 0 unspecified atom stereocenters. The molecule has 0 spiro atoms. The molecule has 0 amide bonds. The normalized spacial score (nSPS) is 17.4. The fraction of sp³-hybridized carbons (Fsp3) is 0.240. The zero-order chi connectivity index (χ0) is 21.3. The first-order valence-electron chi connectivity index (χ1n) is 9.70. The molecule has 0 N–H and O–H groups in total. The first-order valence-corrected chi connectivity index (χ1v) is 9.70. The zero-order valence-electron chi connectivity index (χ0n) is 17.5. The summed E-state index contributed by atoms with van der Waals surface area (Å²) >= 11 is 0. The molecule has 30 heavy (non-hydrogen) atoms. The Kier molecular flexibility index (Phi) is 5.36. The molecular formula is C25H24O5. The summed E-state index contributed by atoms with van der Waals surface area (Å²) in [6.45, 7) is 0. The Morgan fingerprint density at radius 3 is 1.83 bits per heavy atom. The van der Waals surface area contributed by atoms with Crippen LogP contribution in [0.25, 0.3) is 0 Å². The van der Waals surface area contributed by atoms with Crippen molar-refractivity contribution in [1.29, 1.82) is 0 Å². The van der Waals surface area contributed by atoms with Crippen molar-refractivity contribution in [2.45, 2.75) is 11.8 Å². The molecule has 3 aromatic rings. The molecule has 0 saturated heterocycles. The molecule has 154 valence electrons. The van der Waals surface area contributed by atoms with Gasteiger partial charge in [-0.05, 0) is 41.0 Å². The summed E-state index contributed by atoms with van der Waals surface area (Å²) in [5.41, 5.74) is 3.53. The molecule has 3 aromatic carbocycles. The highest BCUT2D eigenvalue weighted by molar-refractivity contribution is 6.07. The van der Waals surface area contributed by atoms with E-state index in [0.717, 1.165) is 16.7 Å². The summed E-state index contributed by atoms with van der Waals surface area (Å²) in [7, 11) is 6.37. The van der Waals surface area contributed by atoms with Gasteiger partial charge in [-0.2, -0.15) is 0 Å². The van der Waals surface area contributed by atoms with Crippen molar-refractivity contribution in [2.24, 2.45) is 0 Å². The highest BCUT2D eigenvalue weighted by Crippen LogP contribution is 2.51. The molecular weight excluding hydrogens is 380 g/mol. The molecule has 0 aromatic heterocycles. The molecule has 4 rings (SSSR count). The van der Waals surface area contributed by atoms with Crippen LogP contribution in [0.3, 0.4) is 0 Å². The largest absolute Gasteiger partial charge is 0.493 e. The van der Waals surface area contributed by atoms with E-state index in [-0.39, 0.29) is 17.6 Å². The number of benzene rings is 3. The third kappa shape index (κ3) is 3.16. The monoisotopic (exact) mass is 404 g/mol. The van der Waals surface area contributed by atoms with Crippen LogP contribution in [0.2, 0.25) is 0 Å². The Morgan fingerprint density at radius 1 is 0.600 bits per heavy atom.